The molecule has 0 atom stereocenters. The van der Waals surface area contributed by atoms with Crippen LogP contribution in [0.5, 0.6) is 0 Å². The second kappa shape index (κ2) is 8.15. The molecular weight excluding hydrogens is 420 g/mol. The first-order valence-electron chi connectivity index (χ1n) is 7.49. The number of halogens is 1. The number of thiazole rings is 1. The third kappa shape index (κ3) is 4.50. The fourth-order valence-electron chi connectivity index (χ4n) is 2.00. The predicted molar refractivity (Wildman–Crippen MR) is 101 cm³/mol. The Bertz CT molecular complexity index is 946. The van der Waals surface area contributed by atoms with E-state index in [1.165, 1.54) is 11.3 Å². The molecule has 0 aliphatic rings. The van der Waals surface area contributed by atoms with E-state index in [0.717, 1.165) is 10.0 Å². The Morgan fingerprint density at radius 3 is 2.77 bits per heavy atom. The second-order valence-electron chi connectivity index (χ2n) is 5.20. The quantitative estimate of drug-likeness (QED) is 0.620. The average Bonchev–Trinajstić information content (AvgIpc) is 3.14. The van der Waals surface area contributed by atoms with Crippen molar-refractivity contribution < 1.29 is 14.3 Å². The maximum absolute atomic E-state index is 12.0. The molecule has 0 spiro atoms. The van der Waals surface area contributed by atoms with Crippen LogP contribution in [0.1, 0.15) is 16.1 Å². The van der Waals surface area contributed by atoms with Gasteiger partial charge in [0.05, 0.1) is 0 Å². The Morgan fingerprint density at radius 2 is 2.04 bits per heavy atom. The summed E-state index contributed by atoms with van der Waals surface area (Å²) in [7, 11) is 0. The predicted octanol–water partition coefficient (Wildman–Crippen LogP) is 3.47. The molecule has 3 rings (SSSR count). The van der Waals surface area contributed by atoms with E-state index in [9.17, 15) is 9.59 Å². The number of benzene rings is 1. The maximum atomic E-state index is 12.0. The topological polar surface area (TPSA) is 94.1 Å². The van der Waals surface area contributed by atoms with Gasteiger partial charge in [0.25, 0.3) is 5.91 Å². The molecule has 1 aromatic carbocycles. The van der Waals surface area contributed by atoms with Crippen LogP contribution in [0.15, 0.2) is 46.5 Å². The number of hydrogen-bond donors (Lipinski definition) is 1. The lowest BCUT2D eigenvalue weighted by Gasteiger charge is -2.07. The molecule has 1 amide bonds. The molecule has 1 N–H and O–H groups in total. The molecule has 0 fully saturated rings. The van der Waals surface area contributed by atoms with Gasteiger partial charge in [-0.25, -0.2) is 19.7 Å². The van der Waals surface area contributed by atoms with E-state index >= 15 is 0 Å². The number of amides is 1. The van der Waals surface area contributed by atoms with E-state index in [0.29, 0.717) is 16.5 Å². The van der Waals surface area contributed by atoms with Gasteiger partial charge in [-0.2, -0.15) is 0 Å². The van der Waals surface area contributed by atoms with Gasteiger partial charge in [-0.3, -0.25) is 4.79 Å². The minimum atomic E-state index is -0.675. The van der Waals surface area contributed by atoms with E-state index in [2.05, 4.69) is 36.2 Å². The zero-order valence-corrected chi connectivity index (χ0v) is 16.0. The highest BCUT2D eigenvalue weighted by atomic mass is 79.9. The molecule has 0 unspecified atom stereocenters. The number of nitrogens with one attached hydrogen (secondary N) is 1. The minimum Gasteiger partial charge on any atom is -0.451 e. The molecule has 26 heavy (non-hydrogen) atoms. The number of rotatable bonds is 5. The second-order valence-corrected chi connectivity index (χ2v) is 6.91. The van der Waals surface area contributed by atoms with Gasteiger partial charge in [-0.15, -0.1) is 11.3 Å². The normalized spacial score (nSPS) is 10.4. The molecule has 0 saturated heterocycles. The van der Waals surface area contributed by atoms with Crippen molar-refractivity contribution >= 4 is 44.8 Å². The molecule has 7 nitrogen and oxygen atoms in total. The van der Waals surface area contributed by atoms with Gasteiger partial charge in [0, 0.05) is 27.9 Å². The Hall–Kier alpha value is -2.65. The number of carbonyl (C=O) groups is 2. The van der Waals surface area contributed by atoms with E-state index in [-0.39, 0.29) is 5.69 Å². The largest absolute Gasteiger partial charge is 0.451 e. The molecular formula is C17H13BrN4O3S. The van der Waals surface area contributed by atoms with Crippen LogP contribution >= 0.6 is 27.3 Å². The summed E-state index contributed by atoms with van der Waals surface area (Å²) >= 11 is 4.62. The Morgan fingerprint density at radius 1 is 1.27 bits per heavy atom. The molecule has 0 aliphatic carbocycles. The SMILES string of the molecule is Cc1cc(NC(=O)COC(=O)c2csc(-c3ncccn3)n2)ccc1Br. The number of carbonyl (C=O) groups excluding carboxylic acids is 2. The van der Waals surface area contributed by atoms with Gasteiger partial charge in [-0.1, -0.05) is 15.9 Å². The van der Waals surface area contributed by atoms with Crippen molar-refractivity contribution in [2.45, 2.75) is 6.92 Å². The molecule has 0 saturated carbocycles. The fourth-order valence-corrected chi connectivity index (χ4v) is 2.98. The highest BCUT2D eigenvalue weighted by Crippen LogP contribution is 2.21. The molecule has 0 radical (unpaired) electrons. The van der Waals surface area contributed by atoms with E-state index in [4.69, 9.17) is 4.74 Å². The van der Waals surface area contributed by atoms with Gasteiger partial charge in [0.1, 0.15) is 0 Å². The molecule has 2 heterocycles. The number of aryl methyl sites for hydroxylation is 1. The summed E-state index contributed by atoms with van der Waals surface area (Å²) in [6.07, 6.45) is 3.19. The van der Waals surface area contributed by atoms with Gasteiger partial charge in [0.2, 0.25) is 0 Å². The molecule has 0 bridgehead atoms. The Balaban J connectivity index is 1.56. The monoisotopic (exact) mass is 432 g/mol. The first-order chi connectivity index (χ1) is 12.5. The van der Waals surface area contributed by atoms with Crippen LogP contribution in [0.2, 0.25) is 0 Å². The van der Waals surface area contributed by atoms with Crippen molar-refractivity contribution in [3.05, 3.63) is 57.8 Å². The van der Waals surface area contributed by atoms with Crippen LogP contribution in [0.3, 0.4) is 0 Å². The van der Waals surface area contributed by atoms with Crippen molar-refractivity contribution in [1.82, 2.24) is 15.0 Å². The summed E-state index contributed by atoms with van der Waals surface area (Å²) in [4.78, 5) is 36.3. The van der Waals surface area contributed by atoms with Crippen molar-refractivity contribution in [3.8, 4) is 10.8 Å². The summed E-state index contributed by atoms with van der Waals surface area (Å²) in [5.74, 6) is -0.674. The van der Waals surface area contributed by atoms with Crippen LogP contribution < -0.4 is 5.32 Å². The zero-order chi connectivity index (χ0) is 18.5. The Kier molecular flexibility index (Phi) is 5.69. The average molecular weight is 433 g/mol. The van der Waals surface area contributed by atoms with Gasteiger partial charge in [-0.05, 0) is 36.8 Å². The number of ether oxygens (including phenoxy) is 1. The van der Waals surface area contributed by atoms with E-state index < -0.39 is 18.5 Å². The molecule has 0 aliphatic heterocycles. The van der Waals surface area contributed by atoms with Crippen molar-refractivity contribution in [2.24, 2.45) is 0 Å². The van der Waals surface area contributed by atoms with Crippen LogP contribution in [0, 0.1) is 6.92 Å². The minimum absolute atomic E-state index is 0.115. The van der Waals surface area contributed by atoms with Gasteiger partial charge in [0.15, 0.2) is 23.1 Å². The first kappa shape index (κ1) is 18.2. The highest BCUT2D eigenvalue weighted by molar-refractivity contribution is 9.10. The van der Waals surface area contributed by atoms with Gasteiger partial charge >= 0.3 is 5.97 Å². The summed E-state index contributed by atoms with van der Waals surface area (Å²) in [5, 5.41) is 4.73. The zero-order valence-electron chi connectivity index (χ0n) is 13.6. The standard InChI is InChI=1S/C17H13BrN4O3S/c1-10-7-11(3-4-12(10)18)21-14(23)8-25-17(24)13-9-26-16(22-13)15-19-5-2-6-20-15/h2-7,9H,8H2,1H3,(H,21,23). The molecule has 2 aromatic heterocycles. The third-order valence-electron chi connectivity index (χ3n) is 3.25. The molecule has 9 heteroatoms. The van der Waals surface area contributed by atoms with Crippen LogP contribution in [0.4, 0.5) is 5.69 Å². The lowest BCUT2D eigenvalue weighted by molar-refractivity contribution is -0.119. The summed E-state index contributed by atoms with van der Waals surface area (Å²) in [6, 6.07) is 7.09. The molecule has 3 aromatic rings. The summed E-state index contributed by atoms with van der Waals surface area (Å²) < 4.78 is 5.96. The number of aromatic nitrogens is 3. The van der Waals surface area contributed by atoms with Crippen LogP contribution in [-0.4, -0.2) is 33.4 Å². The smallest absolute Gasteiger partial charge is 0.358 e. The lowest BCUT2D eigenvalue weighted by Crippen LogP contribution is -2.21. The number of nitrogens with zero attached hydrogens (tertiary/aromatic N) is 3. The van der Waals surface area contributed by atoms with Gasteiger partial charge < -0.3 is 10.1 Å². The Labute approximate surface area is 161 Å². The van der Waals surface area contributed by atoms with Crippen molar-refractivity contribution in [1.29, 1.82) is 0 Å². The summed E-state index contributed by atoms with van der Waals surface area (Å²) in [5.41, 5.74) is 1.73. The maximum Gasteiger partial charge on any atom is 0.358 e. The highest BCUT2D eigenvalue weighted by Gasteiger charge is 2.16. The van der Waals surface area contributed by atoms with Crippen molar-refractivity contribution in [2.75, 3.05) is 11.9 Å². The summed E-state index contributed by atoms with van der Waals surface area (Å²) in [6.45, 7) is 1.51. The third-order valence-corrected chi connectivity index (χ3v) is 4.97. The molecule has 132 valence electrons. The van der Waals surface area contributed by atoms with Crippen LogP contribution in [0.25, 0.3) is 10.8 Å². The van der Waals surface area contributed by atoms with Crippen LogP contribution in [-0.2, 0) is 9.53 Å². The number of hydrogen-bond acceptors (Lipinski definition) is 7. The van der Waals surface area contributed by atoms with E-state index in [1.807, 2.05) is 19.1 Å². The lowest BCUT2D eigenvalue weighted by atomic mass is 10.2. The first-order valence-corrected chi connectivity index (χ1v) is 9.16. The number of anilines is 1. The van der Waals surface area contributed by atoms with E-state index in [1.54, 1.807) is 29.9 Å². The van der Waals surface area contributed by atoms with Crippen molar-refractivity contribution in [3.63, 3.8) is 0 Å². The fraction of sp³-hybridized carbons (Fsp3) is 0.118. The number of esters is 1.